The molecule has 1 fully saturated rings. The van der Waals surface area contributed by atoms with E-state index in [1.807, 2.05) is 55.6 Å². The van der Waals surface area contributed by atoms with Crippen molar-refractivity contribution in [1.29, 1.82) is 0 Å². The Balaban J connectivity index is 1.21. The van der Waals surface area contributed by atoms with E-state index in [2.05, 4.69) is 31.8 Å². The van der Waals surface area contributed by atoms with E-state index in [1.54, 1.807) is 43.5 Å². The second-order valence-corrected chi connectivity index (χ2v) is 13.5. The number of aliphatic hydroxyl groups excluding tert-OH is 2. The molecule has 2 heterocycles. The number of nitrogens with zero attached hydrogens (tertiary/aromatic N) is 3. The highest BCUT2D eigenvalue weighted by Gasteiger charge is 2.49. The summed E-state index contributed by atoms with van der Waals surface area (Å²) in [7, 11) is -1.84. The fraction of sp³-hybridized carbons (Fsp3) is 0.333. The van der Waals surface area contributed by atoms with Gasteiger partial charge in [-0.15, -0.1) is 0 Å². The van der Waals surface area contributed by atoms with E-state index in [1.165, 1.54) is 11.1 Å². The second-order valence-electron chi connectivity index (χ2n) is 11.7. The Morgan fingerprint density at radius 3 is 2.62 bits per heavy atom. The van der Waals surface area contributed by atoms with Gasteiger partial charge in [-0.05, 0) is 55.3 Å². The average molecular weight is 672 g/mol. The van der Waals surface area contributed by atoms with Crippen LogP contribution in [0.1, 0.15) is 24.5 Å². The zero-order valence-electron chi connectivity index (χ0n) is 27.0. The number of hydrogen-bond acceptors (Lipinski definition) is 9. The van der Waals surface area contributed by atoms with Gasteiger partial charge in [-0.2, -0.15) is 9.79 Å². The minimum absolute atomic E-state index is 0.0878. The number of nitrogens with one attached hydrogen (secondary N) is 2. The number of fused-ring (bicyclic) bond motifs is 1. The summed E-state index contributed by atoms with van der Waals surface area (Å²) in [6.45, 7) is 2.50. The molecule has 1 aliphatic heterocycles. The molecule has 4 aromatic rings. The molecule has 252 valence electrons. The molecule has 0 aliphatic carbocycles. The van der Waals surface area contributed by atoms with Crippen LogP contribution in [0, 0.1) is 17.8 Å². The van der Waals surface area contributed by atoms with Crippen molar-refractivity contribution in [3.63, 3.8) is 0 Å². The predicted molar refractivity (Wildman–Crippen MR) is 184 cm³/mol. The second kappa shape index (κ2) is 16.2. The van der Waals surface area contributed by atoms with Crippen molar-refractivity contribution in [2.75, 3.05) is 38.2 Å². The number of rotatable bonds is 13. The monoisotopic (exact) mass is 671 g/mol. The standard InChI is InChI=1S/C36H41N5O6S/c1-26(43)33-31(25-42)47-41(35(33)36(44)38-20-10-22-40(2)30-16-4-3-5-17-30)24-28-12-6-11-27(23-28)13-8-21-39-48(45,46)32-18-7-14-29-15-9-19-37-34(29)32/h3-7,9,11-12,14-19,23,26,31,33,35,39,42-43H,10,20-22,24-25H2,1-2H3,(H,38,44)/t26-,31-,33+,35-/m1/s1. The van der Waals surface area contributed by atoms with Crippen LogP contribution in [-0.4, -0.2) is 86.1 Å². The highest BCUT2D eigenvalue weighted by Crippen LogP contribution is 2.32. The smallest absolute Gasteiger partial charge is 0.243 e. The first-order chi connectivity index (χ1) is 23.2. The summed E-state index contributed by atoms with van der Waals surface area (Å²) in [5.74, 6) is 4.93. The largest absolute Gasteiger partial charge is 0.394 e. The maximum atomic E-state index is 13.5. The molecule has 3 aromatic carbocycles. The Kier molecular flexibility index (Phi) is 11.8. The number of amides is 1. The Hall–Kier alpha value is -4.35. The summed E-state index contributed by atoms with van der Waals surface area (Å²) in [5, 5.41) is 25.9. The molecular formula is C36H41N5O6S. The van der Waals surface area contributed by atoms with Gasteiger partial charge < -0.3 is 20.4 Å². The van der Waals surface area contributed by atoms with E-state index in [0.717, 1.165) is 23.2 Å². The van der Waals surface area contributed by atoms with Gasteiger partial charge in [-0.25, -0.2) is 8.42 Å². The van der Waals surface area contributed by atoms with Crippen molar-refractivity contribution in [2.24, 2.45) is 5.92 Å². The Bertz CT molecular complexity index is 1860. The van der Waals surface area contributed by atoms with Crippen molar-refractivity contribution >= 4 is 32.5 Å². The van der Waals surface area contributed by atoms with E-state index in [-0.39, 0.29) is 30.5 Å². The molecular weight excluding hydrogens is 630 g/mol. The number of para-hydroxylation sites is 2. The molecule has 11 nitrogen and oxygen atoms in total. The van der Waals surface area contributed by atoms with Crippen LogP contribution >= 0.6 is 0 Å². The third-order valence-electron chi connectivity index (χ3n) is 8.28. The molecule has 4 N–H and O–H groups in total. The maximum absolute atomic E-state index is 13.5. The van der Waals surface area contributed by atoms with E-state index >= 15 is 0 Å². The number of aliphatic hydroxyl groups is 2. The number of carbonyl (C=O) groups is 1. The Labute approximate surface area is 281 Å². The summed E-state index contributed by atoms with van der Waals surface area (Å²) >= 11 is 0. The third-order valence-corrected chi connectivity index (χ3v) is 9.71. The summed E-state index contributed by atoms with van der Waals surface area (Å²) in [6.07, 6.45) is 0.608. The topological polar surface area (TPSA) is 144 Å². The van der Waals surface area contributed by atoms with Crippen LogP contribution in [0.2, 0.25) is 0 Å². The van der Waals surface area contributed by atoms with Gasteiger partial charge in [0.15, 0.2) is 0 Å². The van der Waals surface area contributed by atoms with Crippen LogP contribution in [0.15, 0.2) is 96.0 Å². The summed E-state index contributed by atoms with van der Waals surface area (Å²) < 4.78 is 28.5. The van der Waals surface area contributed by atoms with Crippen molar-refractivity contribution in [2.45, 2.75) is 43.0 Å². The number of benzene rings is 3. The Morgan fingerprint density at radius 2 is 1.85 bits per heavy atom. The van der Waals surface area contributed by atoms with Gasteiger partial charge in [0, 0.05) is 48.9 Å². The lowest BCUT2D eigenvalue weighted by Crippen LogP contribution is -2.49. The molecule has 0 bridgehead atoms. The van der Waals surface area contributed by atoms with Gasteiger partial charge in [-0.1, -0.05) is 60.4 Å². The fourth-order valence-corrected chi connectivity index (χ4v) is 7.00. The van der Waals surface area contributed by atoms with Crippen LogP contribution < -0.4 is 14.9 Å². The SMILES string of the molecule is C[C@@H](O)[C@H]1[C@@H](CO)ON(Cc2cccc(C#CCNS(=O)(=O)c3cccc4cccnc34)c2)[C@H]1C(=O)NCCCN(C)c1ccccc1. The number of hydroxylamine groups is 2. The van der Waals surface area contributed by atoms with Crippen LogP contribution in [0.25, 0.3) is 10.9 Å². The molecule has 4 atom stereocenters. The molecule has 1 aliphatic rings. The normalized spacial score (nSPS) is 18.6. The van der Waals surface area contributed by atoms with E-state index in [4.69, 9.17) is 4.84 Å². The van der Waals surface area contributed by atoms with Crippen LogP contribution in [-0.2, 0) is 26.2 Å². The van der Waals surface area contributed by atoms with Gasteiger partial charge in [0.25, 0.3) is 0 Å². The summed E-state index contributed by atoms with van der Waals surface area (Å²) in [6, 6.07) is 25.0. The van der Waals surface area contributed by atoms with Crippen molar-refractivity contribution < 1.29 is 28.3 Å². The lowest BCUT2D eigenvalue weighted by molar-refractivity contribution is -0.181. The lowest BCUT2D eigenvalue weighted by Gasteiger charge is -2.26. The number of anilines is 1. The fourth-order valence-electron chi connectivity index (χ4n) is 5.90. The van der Waals surface area contributed by atoms with E-state index in [0.29, 0.717) is 24.0 Å². The molecule has 0 radical (unpaired) electrons. The van der Waals surface area contributed by atoms with Crippen LogP contribution in [0.4, 0.5) is 5.69 Å². The molecule has 1 saturated heterocycles. The molecule has 0 saturated carbocycles. The zero-order chi connectivity index (χ0) is 34.1. The van der Waals surface area contributed by atoms with E-state index < -0.39 is 34.2 Å². The molecule has 0 unspecified atom stereocenters. The first-order valence-corrected chi connectivity index (χ1v) is 17.3. The first-order valence-electron chi connectivity index (χ1n) is 15.9. The van der Waals surface area contributed by atoms with Crippen LogP contribution in [0.3, 0.4) is 0 Å². The van der Waals surface area contributed by atoms with Gasteiger partial charge in [-0.3, -0.25) is 14.6 Å². The quantitative estimate of drug-likeness (QED) is 0.125. The Morgan fingerprint density at radius 1 is 1.08 bits per heavy atom. The van der Waals surface area contributed by atoms with Gasteiger partial charge in [0.1, 0.15) is 17.0 Å². The minimum atomic E-state index is -3.84. The predicted octanol–water partition coefficient (Wildman–Crippen LogP) is 2.68. The van der Waals surface area contributed by atoms with Gasteiger partial charge in [0.2, 0.25) is 15.9 Å². The molecule has 12 heteroatoms. The minimum Gasteiger partial charge on any atom is -0.394 e. The lowest BCUT2D eigenvalue weighted by atomic mass is 9.89. The highest BCUT2D eigenvalue weighted by molar-refractivity contribution is 7.89. The average Bonchev–Trinajstić information content (AvgIpc) is 3.47. The van der Waals surface area contributed by atoms with Gasteiger partial charge >= 0.3 is 0 Å². The molecule has 48 heavy (non-hydrogen) atoms. The van der Waals surface area contributed by atoms with Crippen LogP contribution in [0.5, 0.6) is 0 Å². The third kappa shape index (κ3) is 8.56. The molecule has 0 spiro atoms. The first kappa shape index (κ1) is 35.0. The zero-order valence-corrected chi connectivity index (χ0v) is 27.8. The molecule has 1 amide bonds. The number of aromatic nitrogens is 1. The number of sulfonamides is 1. The maximum Gasteiger partial charge on any atom is 0.243 e. The number of hydrogen-bond donors (Lipinski definition) is 4. The number of pyridine rings is 1. The van der Waals surface area contributed by atoms with Gasteiger partial charge in [0.05, 0.1) is 31.3 Å². The van der Waals surface area contributed by atoms with Crippen molar-refractivity contribution in [3.8, 4) is 11.8 Å². The van der Waals surface area contributed by atoms with Crippen molar-refractivity contribution in [3.05, 3.63) is 102 Å². The van der Waals surface area contributed by atoms with E-state index in [9.17, 15) is 23.4 Å². The highest BCUT2D eigenvalue weighted by atomic mass is 32.2. The summed E-state index contributed by atoms with van der Waals surface area (Å²) in [4.78, 5) is 26.0. The molecule has 1 aromatic heterocycles. The molecule has 5 rings (SSSR count). The number of carbonyl (C=O) groups excluding carboxylic acids is 1. The summed E-state index contributed by atoms with van der Waals surface area (Å²) in [5.41, 5.74) is 2.91. The van der Waals surface area contributed by atoms with Crippen molar-refractivity contribution in [1.82, 2.24) is 20.1 Å².